The van der Waals surface area contributed by atoms with Gasteiger partial charge in [0.15, 0.2) is 11.5 Å². The quantitative estimate of drug-likeness (QED) is 0.915. The van der Waals surface area contributed by atoms with E-state index < -0.39 is 5.97 Å². The average Bonchev–Trinajstić information content (AvgIpc) is 3.13. The van der Waals surface area contributed by atoms with Gasteiger partial charge in [0, 0.05) is 38.3 Å². The zero-order chi connectivity index (χ0) is 15.9. The van der Waals surface area contributed by atoms with Crippen LogP contribution in [0.3, 0.4) is 0 Å². The Balaban J connectivity index is 1.50. The largest absolute Gasteiger partial charge is 0.481 e. The summed E-state index contributed by atoms with van der Waals surface area (Å²) in [5.41, 5.74) is 0.989. The van der Waals surface area contributed by atoms with Gasteiger partial charge in [-0.25, -0.2) is 0 Å². The number of hydrogen-bond donors (Lipinski definition) is 1. The molecule has 1 spiro atoms. The van der Waals surface area contributed by atoms with Gasteiger partial charge in [-0.2, -0.15) is 0 Å². The van der Waals surface area contributed by atoms with Gasteiger partial charge in [0.1, 0.15) is 0 Å². The van der Waals surface area contributed by atoms with Crippen molar-refractivity contribution < 1.29 is 24.1 Å². The number of hydrogen-bond acceptors (Lipinski definition) is 5. The first kappa shape index (κ1) is 14.8. The van der Waals surface area contributed by atoms with Crippen molar-refractivity contribution in [2.45, 2.75) is 19.4 Å². The van der Waals surface area contributed by atoms with Crippen LogP contribution in [-0.4, -0.2) is 49.1 Å². The van der Waals surface area contributed by atoms with Crippen LogP contribution in [-0.2, 0) is 16.1 Å². The van der Waals surface area contributed by atoms with Gasteiger partial charge in [-0.3, -0.25) is 9.69 Å². The number of carboxylic acids is 1. The second kappa shape index (κ2) is 5.69. The fourth-order valence-electron chi connectivity index (χ4n) is 4.11. The molecule has 3 aliphatic rings. The summed E-state index contributed by atoms with van der Waals surface area (Å²) < 4.78 is 16.2. The Bertz CT molecular complexity index is 611. The number of benzene rings is 1. The lowest BCUT2D eigenvalue weighted by atomic mass is 9.72. The van der Waals surface area contributed by atoms with E-state index in [1.54, 1.807) is 0 Å². The normalized spacial score (nSPS) is 25.8. The first-order chi connectivity index (χ1) is 11.2. The van der Waals surface area contributed by atoms with Crippen molar-refractivity contribution in [1.29, 1.82) is 0 Å². The fraction of sp³-hybridized carbons (Fsp3) is 0.588. The van der Waals surface area contributed by atoms with Crippen LogP contribution in [0.25, 0.3) is 0 Å². The third-order valence-corrected chi connectivity index (χ3v) is 5.35. The Morgan fingerprint density at radius 2 is 2.04 bits per heavy atom. The van der Waals surface area contributed by atoms with E-state index in [4.69, 9.17) is 14.2 Å². The van der Waals surface area contributed by atoms with Crippen molar-refractivity contribution in [3.8, 4) is 11.5 Å². The lowest BCUT2D eigenvalue weighted by molar-refractivity contribution is -0.147. The van der Waals surface area contributed by atoms with Gasteiger partial charge in [-0.1, -0.05) is 6.07 Å². The zero-order valence-corrected chi connectivity index (χ0v) is 13.0. The molecule has 0 aromatic heterocycles. The summed E-state index contributed by atoms with van der Waals surface area (Å²) in [6, 6.07) is 5.94. The fourth-order valence-corrected chi connectivity index (χ4v) is 4.11. The highest BCUT2D eigenvalue weighted by molar-refractivity contribution is 5.72. The molecule has 3 heterocycles. The third-order valence-electron chi connectivity index (χ3n) is 5.35. The van der Waals surface area contributed by atoms with Crippen LogP contribution in [0.1, 0.15) is 18.4 Å². The molecule has 1 aromatic rings. The van der Waals surface area contributed by atoms with E-state index in [2.05, 4.69) is 4.90 Å². The van der Waals surface area contributed by atoms with Crippen LogP contribution < -0.4 is 9.47 Å². The maximum Gasteiger partial charge on any atom is 0.308 e. The first-order valence-electron chi connectivity index (χ1n) is 8.08. The lowest BCUT2D eigenvalue weighted by Gasteiger charge is -2.36. The highest BCUT2D eigenvalue weighted by Gasteiger charge is 2.50. The smallest absolute Gasteiger partial charge is 0.308 e. The second-order valence-corrected chi connectivity index (χ2v) is 6.72. The Kier molecular flexibility index (Phi) is 3.66. The van der Waals surface area contributed by atoms with E-state index in [0.717, 1.165) is 43.0 Å². The minimum Gasteiger partial charge on any atom is -0.481 e. The molecule has 0 saturated carbocycles. The average molecular weight is 319 g/mol. The Labute approximate surface area is 134 Å². The third kappa shape index (κ3) is 2.66. The van der Waals surface area contributed by atoms with Gasteiger partial charge in [0.25, 0.3) is 0 Å². The van der Waals surface area contributed by atoms with Crippen LogP contribution in [0.2, 0.25) is 0 Å². The minimum absolute atomic E-state index is 0.138. The highest BCUT2D eigenvalue weighted by Crippen LogP contribution is 2.45. The number of carbonyl (C=O) groups is 1. The summed E-state index contributed by atoms with van der Waals surface area (Å²) in [6.45, 7) is 3.77. The van der Waals surface area contributed by atoms with Crippen molar-refractivity contribution in [1.82, 2.24) is 4.90 Å². The molecule has 1 N–H and O–H groups in total. The summed E-state index contributed by atoms with van der Waals surface area (Å²) in [7, 11) is 0. The zero-order valence-electron chi connectivity index (χ0n) is 13.0. The molecular formula is C17H21NO5. The van der Waals surface area contributed by atoms with E-state index >= 15 is 0 Å². The topological polar surface area (TPSA) is 68.2 Å². The molecule has 6 nitrogen and oxygen atoms in total. The predicted octanol–water partition coefficient (Wildman–Crippen LogP) is 1.73. The number of fused-ring (bicyclic) bond motifs is 1. The summed E-state index contributed by atoms with van der Waals surface area (Å²) in [6.07, 6.45) is 1.67. The van der Waals surface area contributed by atoms with Crippen LogP contribution in [0.4, 0.5) is 0 Å². The van der Waals surface area contributed by atoms with Crippen LogP contribution in [0, 0.1) is 11.3 Å². The van der Waals surface area contributed by atoms with Crippen molar-refractivity contribution in [3.05, 3.63) is 23.8 Å². The molecular weight excluding hydrogens is 298 g/mol. The molecule has 1 unspecified atom stereocenters. The monoisotopic (exact) mass is 319 g/mol. The Morgan fingerprint density at radius 1 is 1.26 bits per heavy atom. The molecule has 23 heavy (non-hydrogen) atoms. The van der Waals surface area contributed by atoms with Crippen LogP contribution >= 0.6 is 0 Å². The molecule has 3 aliphatic heterocycles. The van der Waals surface area contributed by atoms with Gasteiger partial charge in [-0.05, 0) is 30.5 Å². The van der Waals surface area contributed by atoms with Gasteiger partial charge in [0.2, 0.25) is 6.79 Å². The molecule has 0 bridgehead atoms. The van der Waals surface area contributed by atoms with Gasteiger partial charge >= 0.3 is 5.97 Å². The summed E-state index contributed by atoms with van der Waals surface area (Å²) in [4.78, 5) is 14.0. The molecule has 4 rings (SSSR count). The number of likely N-dealkylation sites (tertiary alicyclic amines) is 1. The number of carboxylic acid groups (broad SMARTS) is 1. The van der Waals surface area contributed by atoms with Crippen molar-refractivity contribution >= 4 is 5.97 Å². The first-order valence-corrected chi connectivity index (χ1v) is 8.08. The van der Waals surface area contributed by atoms with E-state index in [9.17, 15) is 9.90 Å². The van der Waals surface area contributed by atoms with Gasteiger partial charge in [0.05, 0.1) is 5.92 Å². The lowest BCUT2D eigenvalue weighted by Crippen LogP contribution is -2.40. The Hall–Kier alpha value is -1.79. The number of nitrogens with zero attached hydrogens (tertiary/aromatic N) is 1. The number of rotatable bonds is 3. The number of ether oxygens (including phenoxy) is 3. The second-order valence-electron chi connectivity index (χ2n) is 6.72. The van der Waals surface area contributed by atoms with Crippen molar-refractivity contribution in [3.63, 3.8) is 0 Å². The van der Waals surface area contributed by atoms with Crippen molar-refractivity contribution in [2.75, 3.05) is 33.1 Å². The minimum atomic E-state index is -0.680. The van der Waals surface area contributed by atoms with E-state index in [1.807, 2.05) is 18.2 Å². The summed E-state index contributed by atoms with van der Waals surface area (Å²) in [5.74, 6) is 0.567. The van der Waals surface area contributed by atoms with E-state index in [1.165, 1.54) is 0 Å². The molecule has 6 heteroatoms. The van der Waals surface area contributed by atoms with E-state index in [0.29, 0.717) is 19.8 Å². The summed E-state index contributed by atoms with van der Waals surface area (Å²) in [5, 5.41) is 9.64. The van der Waals surface area contributed by atoms with Gasteiger partial charge < -0.3 is 19.3 Å². The standard InChI is InChI=1S/C17H21NO5/c19-16(20)13-9-18(10-17(13)3-5-21-6-4-17)8-12-1-2-14-15(7-12)23-11-22-14/h1-2,7,13H,3-6,8-11H2,(H,19,20). The molecule has 0 aliphatic carbocycles. The SMILES string of the molecule is O=C(O)C1CN(Cc2ccc3c(c2)OCO3)CC12CCOCC2. The molecule has 1 atom stereocenters. The Morgan fingerprint density at radius 3 is 2.83 bits per heavy atom. The molecule has 124 valence electrons. The molecule has 0 amide bonds. The highest BCUT2D eigenvalue weighted by atomic mass is 16.7. The maximum atomic E-state index is 11.7. The van der Waals surface area contributed by atoms with Crippen LogP contribution in [0.5, 0.6) is 11.5 Å². The number of aliphatic carboxylic acids is 1. The molecule has 2 saturated heterocycles. The molecule has 2 fully saturated rings. The van der Waals surface area contributed by atoms with Crippen molar-refractivity contribution in [2.24, 2.45) is 11.3 Å². The van der Waals surface area contributed by atoms with Gasteiger partial charge in [-0.15, -0.1) is 0 Å². The predicted molar refractivity (Wildman–Crippen MR) is 81.5 cm³/mol. The molecule has 0 radical (unpaired) electrons. The molecule has 1 aromatic carbocycles. The maximum absolute atomic E-state index is 11.7. The summed E-state index contributed by atoms with van der Waals surface area (Å²) >= 11 is 0. The van der Waals surface area contributed by atoms with Crippen LogP contribution in [0.15, 0.2) is 18.2 Å². The van der Waals surface area contributed by atoms with E-state index in [-0.39, 0.29) is 18.1 Å².